The molecule has 0 unspecified atom stereocenters. The van der Waals surface area contributed by atoms with Crippen LogP contribution in [0.15, 0.2) is 41.5 Å². The van der Waals surface area contributed by atoms with Gasteiger partial charge in [0.2, 0.25) is 0 Å². The molecule has 2 aromatic rings. The number of ether oxygens (including phenoxy) is 2. The molecule has 2 N–H and O–H groups in total. The molecule has 0 saturated heterocycles. The lowest BCUT2D eigenvalue weighted by atomic mass is 10.2. The molecule has 2 aromatic carbocycles. The number of halogens is 2. The lowest BCUT2D eigenvalue weighted by Gasteiger charge is -2.13. The van der Waals surface area contributed by atoms with Crippen LogP contribution in [0.4, 0.5) is 0 Å². The van der Waals surface area contributed by atoms with Crippen LogP contribution in [0, 0.1) is 5.92 Å². The molecule has 0 aliphatic carbocycles. The summed E-state index contributed by atoms with van der Waals surface area (Å²) in [6, 6.07) is 10.5. The van der Waals surface area contributed by atoms with Crippen LogP contribution in [0.25, 0.3) is 0 Å². The number of nitrogens with zero attached hydrogens (tertiary/aromatic N) is 1. The summed E-state index contributed by atoms with van der Waals surface area (Å²) >= 11 is 12.0. The van der Waals surface area contributed by atoms with Crippen molar-refractivity contribution in [3.8, 4) is 11.5 Å². The second kappa shape index (κ2) is 12.2. The number of benzene rings is 2. The topological polar surface area (TPSA) is 89.0 Å². The van der Waals surface area contributed by atoms with E-state index in [1.54, 1.807) is 30.3 Å². The Morgan fingerprint density at radius 1 is 1.03 bits per heavy atom. The molecule has 0 saturated carbocycles. The van der Waals surface area contributed by atoms with Crippen molar-refractivity contribution in [3.63, 3.8) is 0 Å². The molecule has 2 rings (SSSR count). The molecule has 31 heavy (non-hydrogen) atoms. The fraction of sp³-hybridized carbons (Fsp3) is 0.318. The van der Waals surface area contributed by atoms with Gasteiger partial charge in [-0.05, 0) is 54.3 Å². The first-order chi connectivity index (χ1) is 14.8. The quantitative estimate of drug-likeness (QED) is 0.330. The number of carbonyl (C=O) groups is 2. The van der Waals surface area contributed by atoms with Crippen LogP contribution in [-0.2, 0) is 16.2 Å². The highest BCUT2D eigenvalue weighted by atomic mass is 35.5. The van der Waals surface area contributed by atoms with E-state index in [-0.39, 0.29) is 12.5 Å². The molecule has 0 aromatic heterocycles. The normalized spacial score (nSPS) is 10.9. The summed E-state index contributed by atoms with van der Waals surface area (Å²) < 4.78 is 11.5. The Labute approximate surface area is 191 Å². The molecule has 0 fully saturated rings. The van der Waals surface area contributed by atoms with E-state index >= 15 is 0 Å². The number of hydrogen-bond acceptors (Lipinski definition) is 5. The zero-order chi connectivity index (χ0) is 22.8. The van der Waals surface area contributed by atoms with Crippen molar-refractivity contribution in [1.82, 2.24) is 10.7 Å². The first-order valence-corrected chi connectivity index (χ1v) is 10.5. The van der Waals surface area contributed by atoms with E-state index in [4.69, 9.17) is 32.7 Å². The van der Waals surface area contributed by atoms with Gasteiger partial charge in [0, 0.05) is 6.54 Å². The number of hydrazone groups is 1. The van der Waals surface area contributed by atoms with Crippen LogP contribution in [-0.4, -0.2) is 31.2 Å². The molecular weight excluding hydrogens is 441 g/mol. The predicted molar refractivity (Wildman–Crippen MR) is 122 cm³/mol. The Hall–Kier alpha value is -2.77. The average Bonchev–Trinajstić information content (AvgIpc) is 2.73. The van der Waals surface area contributed by atoms with Crippen molar-refractivity contribution in [3.05, 3.63) is 57.6 Å². The van der Waals surface area contributed by atoms with Crippen molar-refractivity contribution < 1.29 is 19.1 Å². The van der Waals surface area contributed by atoms with E-state index in [1.165, 1.54) is 6.21 Å². The minimum atomic E-state index is -0.830. The smallest absolute Gasteiger partial charge is 0.329 e. The van der Waals surface area contributed by atoms with E-state index in [0.29, 0.717) is 40.3 Å². The summed E-state index contributed by atoms with van der Waals surface area (Å²) in [6.45, 7) is 6.87. The molecule has 0 radical (unpaired) electrons. The van der Waals surface area contributed by atoms with Crippen LogP contribution < -0.4 is 20.2 Å². The Morgan fingerprint density at radius 3 is 2.48 bits per heavy atom. The van der Waals surface area contributed by atoms with Crippen LogP contribution >= 0.6 is 23.2 Å². The zero-order valence-electron chi connectivity index (χ0n) is 17.6. The fourth-order valence-electron chi connectivity index (χ4n) is 2.38. The standard InChI is InChI=1S/C22H25Cl2N3O4/c1-4-30-20-10-15(12-26-27-22(29)21(28)25-11-14(2)3)6-8-19(20)31-13-16-5-7-17(23)18(24)9-16/h5-10,12,14H,4,11,13H2,1-3H3,(H,25,28)(H,27,29)/b26-12-. The van der Waals surface area contributed by atoms with Gasteiger partial charge in [-0.2, -0.15) is 5.10 Å². The number of carbonyl (C=O) groups excluding carboxylic acids is 2. The SMILES string of the molecule is CCOc1cc(/C=N\NC(=O)C(=O)NCC(C)C)ccc1OCc1ccc(Cl)c(Cl)c1. The largest absolute Gasteiger partial charge is 0.490 e. The molecule has 0 aliphatic rings. The van der Waals surface area contributed by atoms with Gasteiger partial charge in [0.1, 0.15) is 6.61 Å². The molecule has 7 nitrogen and oxygen atoms in total. The van der Waals surface area contributed by atoms with Gasteiger partial charge < -0.3 is 14.8 Å². The van der Waals surface area contributed by atoms with E-state index in [2.05, 4.69) is 15.8 Å². The van der Waals surface area contributed by atoms with Crippen molar-refractivity contribution in [2.45, 2.75) is 27.4 Å². The van der Waals surface area contributed by atoms with E-state index in [9.17, 15) is 9.59 Å². The van der Waals surface area contributed by atoms with Gasteiger partial charge in [0.05, 0.1) is 22.9 Å². The monoisotopic (exact) mass is 465 g/mol. The molecule has 0 spiro atoms. The van der Waals surface area contributed by atoms with Gasteiger partial charge in [0.15, 0.2) is 11.5 Å². The van der Waals surface area contributed by atoms with E-state index < -0.39 is 11.8 Å². The first kappa shape index (κ1) is 24.5. The molecule has 0 atom stereocenters. The van der Waals surface area contributed by atoms with Gasteiger partial charge in [-0.15, -0.1) is 0 Å². The van der Waals surface area contributed by atoms with Gasteiger partial charge in [-0.1, -0.05) is 43.1 Å². The van der Waals surface area contributed by atoms with Crippen LogP contribution in [0.5, 0.6) is 11.5 Å². The second-order valence-electron chi connectivity index (χ2n) is 6.98. The highest BCUT2D eigenvalue weighted by Gasteiger charge is 2.12. The predicted octanol–water partition coefficient (Wildman–Crippen LogP) is 4.19. The number of rotatable bonds is 9. The fourth-order valence-corrected chi connectivity index (χ4v) is 2.70. The molecule has 2 amide bonds. The molecular formula is C22H25Cl2N3O4. The zero-order valence-corrected chi connectivity index (χ0v) is 19.1. The number of nitrogens with one attached hydrogen (secondary N) is 2. The summed E-state index contributed by atoms with van der Waals surface area (Å²) in [4.78, 5) is 23.4. The number of amides is 2. The minimum absolute atomic E-state index is 0.245. The highest BCUT2D eigenvalue weighted by Crippen LogP contribution is 2.29. The van der Waals surface area contributed by atoms with Gasteiger partial charge in [0.25, 0.3) is 0 Å². The van der Waals surface area contributed by atoms with Gasteiger partial charge in [-0.3, -0.25) is 9.59 Å². The van der Waals surface area contributed by atoms with Crippen molar-refractivity contribution in [2.24, 2.45) is 11.0 Å². The van der Waals surface area contributed by atoms with Crippen molar-refractivity contribution >= 4 is 41.2 Å². The minimum Gasteiger partial charge on any atom is -0.490 e. The van der Waals surface area contributed by atoms with Gasteiger partial charge >= 0.3 is 11.8 Å². The Kier molecular flexibility index (Phi) is 9.62. The summed E-state index contributed by atoms with van der Waals surface area (Å²) in [6.07, 6.45) is 1.42. The van der Waals surface area contributed by atoms with Crippen LogP contribution in [0.1, 0.15) is 31.9 Å². The Bertz CT molecular complexity index is 948. The third-order valence-corrected chi connectivity index (χ3v) is 4.64. The summed E-state index contributed by atoms with van der Waals surface area (Å²) in [5.41, 5.74) is 3.72. The summed E-state index contributed by atoms with van der Waals surface area (Å²) in [5.74, 6) is -0.250. The third kappa shape index (κ3) is 8.11. The Balaban J connectivity index is 2.00. The third-order valence-electron chi connectivity index (χ3n) is 3.90. The van der Waals surface area contributed by atoms with Crippen molar-refractivity contribution in [1.29, 1.82) is 0 Å². The van der Waals surface area contributed by atoms with Crippen molar-refractivity contribution in [2.75, 3.05) is 13.2 Å². The summed E-state index contributed by atoms with van der Waals surface area (Å²) in [5, 5.41) is 7.28. The molecule has 0 bridgehead atoms. The van der Waals surface area contributed by atoms with Crippen LogP contribution in [0.2, 0.25) is 10.0 Å². The molecule has 9 heteroatoms. The molecule has 0 aliphatic heterocycles. The maximum Gasteiger partial charge on any atom is 0.329 e. The lowest BCUT2D eigenvalue weighted by Crippen LogP contribution is -2.39. The highest BCUT2D eigenvalue weighted by molar-refractivity contribution is 6.42. The molecule has 0 heterocycles. The number of hydrogen-bond donors (Lipinski definition) is 2. The maximum absolute atomic E-state index is 11.7. The molecule has 166 valence electrons. The lowest BCUT2D eigenvalue weighted by molar-refractivity contribution is -0.139. The first-order valence-electron chi connectivity index (χ1n) is 9.75. The van der Waals surface area contributed by atoms with Gasteiger partial charge in [-0.25, -0.2) is 5.43 Å². The average molecular weight is 466 g/mol. The van der Waals surface area contributed by atoms with E-state index in [1.807, 2.05) is 26.8 Å². The Morgan fingerprint density at radius 2 is 1.81 bits per heavy atom. The van der Waals surface area contributed by atoms with Crippen LogP contribution in [0.3, 0.4) is 0 Å². The second-order valence-corrected chi connectivity index (χ2v) is 7.79. The summed E-state index contributed by atoms with van der Waals surface area (Å²) in [7, 11) is 0. The maximum atomic E-state index is 11.7. The van der Waals surface area contributed by atoms with E-state index in [0.717, 1.165) is 5.56 Å².